The predicted octanol–water partition coefficient (Wildman–Crippen LogP) is 6.68. The molecule has 3 heteroatoms. The van der Waals surface area contributed by atoms with Crippen molar-refractivity contribution in [1.29, 1.82) is 0 Å². The van der Waals surface area contributed by atoms with E-state index in [1.165, 1.54) is 11.1 Å². The van der Waals surface area contributed by atoms with E-state index in [9.17, 15) is 4.79 Å². The lowest BCUT2D eigenvalue weighted by Crippen LogP contribution is -2.37. The highest BCUT2D eigenvalue weighted by molar-refractivity contribution is 6.25. The molecule has 0 fully saturated rings. The number of allylic oxidation sites excluding steroid dienone is 9. The number of hydrogen-bond acceptors (Lipinski definition) is 1. The minimum atomic E-state index is 0.0510. The average Bonchev–Trinajstić information content (AvgIpc) is 2.72. The van der Waals surface area contributed by atoms with Crippen LogP contribution in [0.3, 0.4) is 0 Å². The number of hydrogen-bond donors (Lipinski definition) is 0. The van der Waals surface area contributed by atoms with Crippen molar-refractivity contribution in [3.8, 4) is 0 Å². The first-order chi connectivity index (χ1) is 12.6. The zero-order chi connectivity index (χ0) is 19.4. The fraction of sp³-hybridized carbons (Fsp3) is 0.435. The van der Waals surface area contributed by atoms with Crippen LogP contribution in [0.5, 0.6) is 0 Å². The first-order valence-electron chi connectivity index (χ1n) is 9.52. The van der Waals surface area contributed by atoms with Gasteiger partial charge in [0.1, 0.15) is 0 Å². The fourth-order valence-electron chi connectivity index (χ4n) is 3.23. The van der Waals surface area contributed by atoms with Gasteiger partial charge in [-0.1, -0.05) is 81.0 Å². The minimum Gasteiger partial charge on any atom is -0.313 e. The molecule has 0 aromatic heterocycles. The van der Waals surface area contributed by atoms with Crippen LogP contribution in [-0.2, 0) is 4.79 Å². The maximum Gasteiger partial charge on any atom is 0.227 e. The summed E-state index contributed by atoms with van der Waals surface area (Å²) in [4.78, 5) is 15.0. The van der Waals surface area contributed by atoms with E-state index in [0.717, 1.165) is 31.4 Å². The van der Waals surface area contributed by atoms with E-state index < -0.39 is 0 Å². The van der Waals surface area contributed by atoms with Crippen LogP contribution in [0.4, 0.5) is 0 Å². The number of halogens is 1. The molecule has 0 spiro atoms. The van der Waals surface area contributed by atoms with Crippen molar-refractivity contribution in [2.75, 3.05) is 0 Å². The van der Waals surface area contributed by atoms with E-state index >= 15 is 0 Å². The summed E-state index contributed by atoms with van der Waals surface area (Å²) in [6.07, 6.45) is 20.2. The summed E-state index contributed by atoms with van der Waals surface area (Å²) in [5, 5.41) is 0. The second kappa shape index (κ2) is 12.5. The summed E-state index contributed by atoms with van der Waals surface area (Å²) in [6, 6.07) is 0.121. The van der Waals surface area contributed by atoms with Crippen molar-refractivity contribution >= 4 is 17.5 Å². The Morgan fingerprint density at radius 3 is 2.73 bits per heavy atom. The van der Waals surface area contributed by atoms with Gasteiger partial charge >= 0.3 is 0 Å². The first-order valence-corrected chi connectivity index (χ1v) is 9.96. The van der Waals surface area contributed by atoms with Crippen molar-refractivity contribution in [2.24, 2.45) is 5.92 Å². The van der Waals surface area contributed by atoms with Gasteiger partial charge in [0.15, 0.2) is 0 Å². The molecule has 0 radical (unpaired) electrons. The molecule has 1 aliphatic rings. The van der Waals surface area contributed by atoms with E-state index in [1.807, 2.05) is 29.2 Å². The summed E-state index contributed by atoms with van der Waals surface area (Å²) in [7, 11) is 0. The highest BCUT2D eigenvalue weighted by Crippen LogP contribution is 2.31. The van der Waals surface area contributed by atoms with Gasteiger partial charge in [-0.05, 0) is 37.8 Å². The topological polar surface area (TPSA) is 20.3 Å². The molecule has 0 bridgehead atoms. The standard InChI is InChI=1S/C23H32ClNO/c1-5-8-9-10-11-14-19(4)25-22(13-7-3)17-20(12-6-2)21(15-16-24)18-23(25)26/h5,8-12,15-17,19,21H,1,6-7,13-14,18H2,2-4H3/b9-8-,11-10?,16-15?,20-12-. The summed E-state index contributed by atoms with van der Waals surface area (Å²) in [6.45, 7) is 10.0. The van der Waals surface area contributed by atoms with Crippen LogP contribution >= 0.6 is 11.6 Å². The van der Waals surface area contributed by atoms with Crippen molar-refractivity contribution in [3.63, 3.8) is 0 Å². The molecule has 0 aliphatic carbocycles. The molecule has 2 unspecified atom stereocenters. The van der Waals surface area contributed by atoms with Crippen molar-refractivity contribution < 1.29 is 4.79 Å². The molecule has 1 amide bonds. The molecule has 0 saturated heterocycles. The fourth-order valence-corrected chi connectivity index (χ4v) is 3.40. The van der Waals surface area contributed by atoms with Gasteiger partial charge in [-0.15, -0.1) is 0 Å². The Morgan fingerprint density at radius 1 is 1.35 bits per heavy atom. The molecule has 0 aromatic carbocycles. The quantitative estimate of drug-likeness (QED) is 0.412. The maximum atomic E-state index is 13.0. The minimum absolute atomic E-state index is 0.0510. The number of nitrogens with zero attached hydrogens (tertiary/aromatic N) is 1. The second-order valence-electron chi connectivity index (χ2n) is 6.52. The predicted molar refractivity (Wildman–Crippen MR) is 114 cm³/mol. The van der Waals surface area contributed by atoms with E-state index in [-0.39, 0.29) is 17.9 Å². The average molecular weight is 374 g/mol. The zero-order valence-electron chi connectivity index (χ0n) is 16.3. The lowest BCUT2D eigenvalue weighted by atomic mass is 9.94. The summed E-state index contributed by atoms with van der Waals surface area (Å²) >= 11 is 5.83. The molecule has 26 heavy (non-hydrogen) atoms. The van der Waals surface area contributed by atoms with E-state index in [4.69, 9.17) is 11.6 Å². The van der Waals surface area contributed by atoms with Crippen molar-refractivity contribution in [1.82, 2.24) is 4.90 Å². The van der Waals surface area contributed by atoms with Gasteiger partial charge < -0.3 is 4.90 Å². The Hall–Kier alpha value is -1.80. The van der Waals surface area contributed by atoms with Gasteiger partial charge in [-0.25, -0.2) is 0 Å². The summed E-state index contributed by atoms with van der Waals surface area (Å²) < 4.78 is 0. The van der Waals surface area contributed by atoms with Crippen LogP contribution < -0.4 is 0 Å². The van der Waals surface area contributed by atoms with Crippen LogP contribution in [0.15, 0.2) is 72.0 Å². The number of carbonyl (C=O) groups is 1. The molecule has 0 N–H and O–H groups in total. The summed E-state index contributed by atoms with van der Waals surface area (Å²) in [5.41, 5.74) is 3.84. The Bertz CT molecular complexity index is 610. The first kappa shape index (κ1) is 22.2. The lowest BCUT2D eigenvalue weighted by molar-refractivity contribution is -0.131. The second-order valence-corrected chi connectivity index (χ2v) is 6.78. The van der Waals surface area contributed by atoms with Crippen LogP contribution in [0, 0.1) is 5.92 Å². The molecular weight excluding hydrogens is 342 g/mol. The van der Waals surface area contributed by atoms with Crippen LogP contribution in [0.2, 0.25) is 0 Å². The normalized spacial score (nSPS) is 21.8. The monoisotopic (exact) mass is 373 g/mol. The SMILES string of the molecule is C=C/C=C\C=CCC(C)N1C(=O)CC(C=CCl)/C(=C\CC)C=C1CCC. The Kier molecular flexibility index (Phi) is 10.7. The maximum absolute atomic E-state index is 13.0. The summed E-state index contributed by atoms with van der Waals surface area (Å²) in [5.74, 6) is 0.224. The lowest BCUT2D eigenvalue weighted by Gasteiger charge is -2.30. The van der Waals surface area contributed by atoms with Crippen molar-refractivity contribution in [3.05, 3.63) is 72.0 Å². The Labute approximate surface area is 164 Å². The van der Waals surface area contributed by atoms with Gasteiger partial charge in [0.2, 0.25) is 5.91 Å². The molecule has 2 atom stereocenters. The van der Waals surface area contributed by atoms with E-state index in [1.54, 1.807) is 6.08 Å². The van der Waals surface area contributed by atoms with E-state index in [0.29, 0.717) is 6.42 Å². The Balaban J connectivity index is 3.14. The van der Waals surface area contributed by atoms with Crippen LogP contribution in [0.1, 0.15) is 52.9 Å². The smallest absolute Gasteiger partial charge is 0.227 e. The van der Waals surface area contributed by atoms with E-state index in [2.05, 4.69) is 45.6 Å². The van der Waals surface area contributed by atoms with Gasteiger partial charge in [-0.3, -0.25) is 4.79 Å². The highest BCUT2D eigenvalue weighted by atomic mass is 35.5. The molecule has 0 saturated carbocycles. The molecule has 1 aliphatic heterocycles. The number of rotatable bonds is 9. The highest BCUT2D eigenvalue weighted by Gasteiger charge is 2.29. The number of amides is 1. The van der Waals surface area contributed by atoms with Crippen LogP contribution in [-0.4, -0.2) is 16.8 Å². The third-order valence-corrected chi connectivity index (χ3v) is 4.54. The third-order valence-electron chi connectivity index (χ3n) is 4.40. The van der Waals surface area contributed by atoms with Crippen molar-refractivity contribution in [2.45, 2.75) is 58.9 Å². The number of carbonyl (C=O) groups excluding carboxylic acids is 1. The van der Waals surface area contributed by atoms with Gasteiger partial charge in [-0.2, -0.15) is 0 Å². The third kappa shape index (κ3) is 6.84. The Morgan fingerprint density at radius 2 is 2.12 bits per heavy atom. The molecule has 1 rings (SSSR count). The molecular formula is C23H32ClNO. The largest absolute Gasteiger partial charge is 0.313 e. The van der Waals surface area contributed by atoms with Gasteiger partial charge in [0.05, 0.1) is 0 Å². The molecule has 2 nitrogen and oxygen atoms in total. The molecule has 0 aromatic rings. The van der Waals surface area contributed by atoms with Crippen LogP contribution in [0.25, 0.3) is 0 Å². The van der Waals surface area contributed by atoms with Gasteiger partial charge in [0, 0.05) is 29.6 Å². The molecule has 142 valence electrons. The van der Waals surface area contributed by atoms with Gasteiger partial charge in [0.25, 0.3) is 0 Å². The molecule has 1 heterocycles. The zero-order valence-corrected chi connectivity index (χ0v) is 17.1.